The maximum atomic E-state index is 7.93. The van der Waals surface area contributed by atoms with Crippen LogP contribution >= 0.6 is 0 Å². The molecule has 1 aromatic rings. The molecule has 0 saturated carbocycles. The monoisotopic (exact) mass is 202 g/mol. The van der Waals surface area contributed by atoms with E-state index in [2.05, 4.69) is 43.0 Å². The molecular weight excluding hydrogens is 184 g/mol. The van der Waals surface area contributed by atoms with Gasteiger partial charge in [-0.2, -0.15) is 0 Å². The molecule has 2 nitrogen and oxygen atoms in total. The van der Waals surface area contributed by atoms with Gasteiger partial charge in [0.1, 0.15) is 5.84 Å². The second-order valence-corrected chi connectivity index (χ2v) is 4.62. The van der Waals surface area contributed by atoms with Crippen molar-refractivity contribution in [3.63, 3.8) is 0 Å². The third-order valence-electron chi connectivity index (χ3n) is 3.31. The number of amidine groups is 1. The van der Waals surface area contributed by atoms with Crippen molar-refractivity contribution < 1.29 is 0 Å². The first-order valence-corrected chi connectivity index (χ1v) is 5.49. The van der Waals surface area contributed by atoms with Crippen LogP contribution in [-0.4, -0.2) is 17.8 Å². The summed E-state index contributed by atoms with van der Waals surface area (Å²) in [5.74, 6) is 1.70. The molecule has 2 rings (SSSR count). The molecule has 0 bridgehead atoms. The predicted octanol–water partition coefficient (Wildman–Crippen LogP) is 2.92. The minimum Gasteiger partial charge on any atom is -0.356 e. The number of hydrogen-bond acceptors (Lipinski definition) is 1. The predicted molar refractivity (Wildman–Crippen MR) is 63.0 cm³/mol. The first-order chi connectivity index (χ1) is 7.13. The maximum Gasteiger partial charge on any atom is 0.102 e. The van der Waals surface area contributed by atoms with Gasteiger partial charge in [-0.25, -0.2) is 0 Å². The number of benzene rings is 1. The van der Waals surface area contributed by atoms with Crippen molar-refractivity contribution in [2.24, 2.45) is 11.8 Å². The second kappa shape index (κ2) is 3.69. The van der Waals surface area contributed by atoms with E-state index in [1.165, 1.54) is 5.56 Å². The number of nitrogens with one attached hydrogen (secondary N) is 1. The van der Waals surface area contributed by atoms with Crippen LogP contribution in [0.2, 0.25) is 0 Å². The maximum absolute atomic E-state index is 7.93. The normalized spacial score (nSPS) is 25.6. The van der Waals surface area contributed by atoms with E-state index in [4.69, 9.17) is 5.41 Å². The molecule has 1 aliphatic heterocycles. The zero-order chi connectivity index (χ0) is 11.0. The summed E-state index contributed by atoms with van der Waals surface area (Å²) in [4.78, 5) is 2.07. The smallest absolute Gasteiger partial charge is 0.102 e. The Hall–Kier alpha value is -1.31. The molecule has 0 aliphatic carbocycles. The van der Waals surface area contributed by atoms with Gasteiger partial charge in [0.2, 0.25) is 0 Å². The van der Waals surface area contributed by atoms with Crippen molar-refractivity contribution >= 4 is 5.84 Å². The number of nitrogens with zero attached hydrogens (tertiary/aromatic N) is 1. The van der Waals surface area contributed by atoms with Gasteiger partial charge in [0, 0.05) is 13.0 Å². The Morgan fingerprint density at radius 1 is 1.20 bits per heavy atom. The first kappa shape index (κ1) is 10.2. The highest BCUT2D eigenvalue weighted by molar-refractivity contribution is 5.89. The van der Waals surface area contributed by atoms with E-state index in [9.17, 15) is 0 Å². The van der Waals surface area contributed by atoms with Crippen molar-refractivity contribution in [1.82, 2.24) is 4.90 Å². The molecule has 2 unspecified atom stereocenters. The van der Waals surface area contributed by atoms with Gasteiger partial charge in [-0.05, 0) is 11.5 Å². The summed E-state index contributed by atoms with van der Waals surface area (Å²) in [5, 5.41) is 7.93. The third-order valence-corrected chi connectivity index (χ3v) is 3.31. The molecule has 1 fully saturated rings. The van der Waals surface area contributed by atoms with Crippen molar-refractivity contribution in [1.29, 1.82) is 5.41 Å². The standard InChI is InChI=1S/C13H18N2/c1-9(2)11-12(15(3)13(11)14)10-7-5-4-6-8-10/h4-9,11-12,14H,1-3H3. The van der Waals surface area contributed by atoms with Crippen LogP contribution in [0, 0.1) is 17.2 Å². The van der Waals surface area contributed by atoms with Crippen LogP contribution < -0.4 is 0 Å². The SMILES string of the molecule is CC(C)C1C(=N)N(C)C1c1ccccc1. The van der Waals surface area contributed by atoms with E-state index in [-0.39, 0.29) is 0 Å². The summed E-state index contributed by atoms with van der Waals surface area (Å²) in [6.45, 7) is 4.39. The van der Waals surface area contributed by atoms with Crippen molar-refractivity contribution in [2.75, 3.05) is 7.05 Å². The lowest BCUT2D eigenvalue weighted by molar-refractivity contribution is 0.168. The average molecular weight is 202 g/mol. The summed E-state index contributed by atoms with van der Waals surface area (Å²) in [5.41, 5.74) is 1.33. The lowest BCUT2D eigenvalue weighted by atomic mass is 9.76. The minimum absolute atomic E-state index is 0.386. The molecule has 1 heterocycles. The molecule has 0 aromatic heterocycles. The second-order valence-electron chi connectivity index (χ2n) is 4.62. The molecule has 0 radical (unpaired) electrons. The van der Waals surface area contributed by atoms with Crippen LogP contribution in [0.15, 0.2) is 30.3 Å². The average Bonchev–Trinajstić information content (AvgIpc) is 2.25. The van der Waals surface area contributed by atoms with Gasteiger partial charge in [0.15, 0.2) is 0 Å². The Kier molecular flexibility index (Phi) is 2.51. The van der Waals surface area contributed by atoms with E-state index >= 15 is 0 Å². The van der Waals surface area contributed by atoms with Crippen LogP contribution in [0.3, 0.4) is 0 Å². The van der Waals surface area contributed by atoms with Crippen LogP contribution in [0.4, 0.5) is 0 Å². The molecule has 1 saturated heterocycles. The van der Waals surface area contributed by atoms with Gasteiger partial charge < -0.3 is 4.90 Å². The third kappa shape index (κ3) is 1.54. The van der Waals surface area contributed by atoms with Gasteiger partial charge in [0.05, 0.1) is 6.04 Å². The van der Waals surface area contributed by atoms with Crippen LogP contribution in [0.1, 0.15) is 25.5 Å². The van der Waals surface area contributed by atoms with Gasteiger partial charge in [-0.3, -0.25) is 5.41 Å². The Morgan fingerprint density at radius 2 is 1.80 bits per heavy atom. The lowest BCUT2D eigenvalue weighted by Crippen LogP contribution is -2.54. The zero-order valence-corrected chi connectivity index (χ0v) is 9.57. The highest BCUT2D eigenvalue weighted by Crippen LogP contribution is 2.42. The first-order valence-electron chi connectivity index (χ1n) is 5.49. The molecule has 1 N–H and O–H groups in total. The van der Waals surface area contributed by atoms with E-state index in [0.717, 1.165) is 5.84 Å². The van der Waals surface area contributed by atoms with E-state index in [1.54, 1.807) is 0 Å². The molecular formula is C13H18N2. The number of hydrogen-bond donors (Lipinski definition) is 1. The fraction of sp³-hybridized carbons (Fsp3) is 0.462. The van der Waals surface area contributed by atoms with Crippen molar-refractivity contribution in [2.45, 2.75) is 19.9 Å². The largest absolute Gasteiger partial charge is 0.356 e. The van der Waals surface area contributed by atoms with Crippen LogP contribution in [0.25, 0.3) is 0 Å². The fourth-order valence-corrected chi connectivity index (χ4v) is 2.45. The van der Waals surface area contributed by atoms with Gasteiger partial charge >= 0.3 is 0 Å². The van der Waals surface area contributed by atoms with Gasteiger partial charge in [0.25, 0.3) is 0 Å². The van der Waals surface area contributed by atoms with E-state index in [1.807, 2.05) is 13.1 Å². The quantitative estimate of drug-likeness (QED) is 0.784. The molecule has 2 atom stereocenters. The summed E-state index contributed by atoms with van der Waals surface area (Å²) in [6, 6.07) is 10.9. The highest BCUT2D eigenvalue weighted by Gasteiger charge is 2.43. The Morgan fingerprint density at radius 3 is 2.33 bits per heavy atom. The zero-order valence-electron chi connectivity index (χ0n) is 9.57. The van der Waals surface area contributed by atoms with Gasteiger partial charge in [-0.15, -0.1) is 0 Å². The summed E-state index contributed by atoms with van der Waals surface area (Å²) in [6.07, 6.45) is 0. The molecule has 0 spiro atoms. The van der Waals surface area contributed by atoms with Crippen LogP contribution in [-0.2, 0) is 0 Å². The molecule has 0 amide bonds. The fourth-order valence-electron chi connectivity index (χ4n) is 2.45. The molecule has 1 aliphatic rings. The number of rotatable bonds is 2. The molecule has 15 heavy (non-hydrogen) atoms. The van der Waals surface area contributed by atoms with E-state index < -0.39 is 0 Å². The Balaban J connectivity index is 2.26. The molecule has 2 heteroatoms. The highest BCUT2D eigenvalue weighted by atomic mass is 15.2. The molecule has 80 valence electrons. The Bertz CT molecular complexity index is 356. The number of likely N-dealkylation sites (tertiary alicyclic amines) is 1. The van der Waals surface area contributed by atoms with Gasteiger partial charge in [-0.1, -0.05) is 44.2 Å². The van der Waals surface area contributed by atoms with Crippen LogP contribution in [0.5, 0.6) is 0 Å². The summed E-state index contributed by atoms with van der Waals surface area (Å²) in [7, 11) is 2.01. The topological polar surface area (TPSA) is 27.1 Å². The van der Waals surface area contributed by atoms with E-state index in [0.29, 0.717) is 17.9 Å². The Labute approximate surface area is 91.4 Å². The van der Waals surface area contributed by atoms with Crippen molar-refractivity contribution in [3.05, 3.63) is 35.9 Å². The lowest BCUT2D eigenvalue weighted by Gasteiger charge is -2.50. The summed E-state index contributed by atoms with van der Waals surface area (Å²) >= 11 is 0. The summed E-state index contributed by atoms with van der Waals surface area (Å²) < 4.78 is 0. The van der Waals surface area contributed by atoms with Crippen molar-refractivity contribution in [3.8, 4) is 0 Å². The minimum atomic E-state index is 0.386. The molecule has 1 aromatic carbocycles.